The number of amides is 2. The smallest absolute Gasteiger partial charge is 0.325 e. The summed E-state index contributed by atoms with van der Waals surface area (Å²) in [7, 11) is 0. The van der Waals surface area contributed by atoms with Crippen LogP contribution in [0.5, 0.6) is 0 Å². The molecule has 0 radical (unpaired) electrons. The Kier molecular flexibility index (Phi) is 5.15. The molecule has 1 rings (SSSR count). The van der Waals surface area contributed by atoms with Gasteiger partial charge in [0.2, 0.25) is 0 Å². The predicted molar refractivity (Wildman–Crippen MR) is 70.7 cm³/mol. The molecule has 2 amide bonds. The fraction of sp³-hybridized carbons (Fsp3) is 0.500. The van der Waals surface area contributed by atoms with Gasteiger partial charge in [-0.05, 0) is 24.3 Å². The largest absolute Gasteiger partial charge is 0.480 e. The average Bonchev–Trinajstić information content (AvgIpc) is 2.78. The summed E-state index contributed by atoms with van der Waals surface area (Å²) in [6.07, 6.45) is 0. The van der Waals surface area contributed by atoms with Crippen molar-refractivity contribution < 1.29 is 14.7 Å². The van der Waals surface area contributed by atoms with Crippen LogP contribution < -0.4 is 10.6 Å². The van der Waals surface area contributed by atoms with Gasteiger partial charge in [-0.25, -0.2) is 4.79 Å². The van der Waals surface area contributed by atoms with Crippen LogP contribution in [0.1, 0.15) is 31.7 Å². The lowest BCUT2D eigenvalue weighted by Gasteiger charge is -2.22. The van der Waals surface area contributed by atoms with Gasteiger partial charge in [0.05, 0.1) is 6.04 Å². The molecule has 0 aliphatic heterocycles. The summed E-state index contributed by atoms with van der Waals surface area (Å²) in [5.74, 6) is -0.822. The normalized spacial score (nSPS) is 14.0. The topological polar surface area (TPSA) is 78.4 Å². The number of nitrogens with one attached hydrogen (secondary N) is 2. The van der Waals surface area contributed by atoms with Crippen molar-refractivity contribution in [2.45, 2.75) is 32.9 Å². The maximum absolute atomic E-state index is 11.7. The van der Waals surface area contributed by atoms with Gasteiger partial charge in [0, 0.05) is 4.88 Å². The van der Waals surface area contributed by atoms with Gasteiger partial charge < -0.3 is 15.7 Å². The Morgan fingerprint density at radius 2 is 1.94 bits per heavy atom. The molecule has 1 unspecified atom stereocenters. The molecule has 6 heteroatoms. The molecule has 1 aromatic rings. The molecule has 3 N–H and O–H groups in total. The summed E-state index contributed by atoms with van der Waals surface area (Å²) < 4.78 is 0. The zero-order valence-corrected chi connectivity index (χ0v) is 11.5. The highest BCUT2D eigenvalue weighted by Crippen LogP contribution is 2.25. The summed E-state index contributed by atoms with van der Waals surface area (Å²) in [6.45, 7) is 5.44. The third kappa shape index (κ3) is 4.03. The van der Waals surface area contributed by atoms with Gasteiger partial charge >= 0.3 is 12.0 Å². The van der Waals surface area contributed by atoms with Crippen molar-refractivity contribution in [3.63, 3.8) is 0 Å². The lowest BCUT2D eigenvalue weighted by molar-refractivity contribution is -0.138. The van der Waals surface area contributed by atoms with Crippen LogP contribution in [0.4, 0.5) is 4.79 Å². The van der Waals surface area contributed by atoms with Crippen molar-refractivity contribution in [2.75, 3.05) is 0 Å². The first-order valence-corrected chi connectivity index (χ1v) is 6.63. The predicted octanol–water partition coefficient (Wildman–Crippen LogP) is 2.22. The quantitative estimate of drug-likeness (QED) is 0.767. The van der Waals surface area contributed by atoms with Crippen molar-refractivity contribution in [3.8, 4) is 0 Å². The first-order valence-electron chi connectivity index (χ1n) is 5.75. The second-order valence-electron chi connectivity index (χ2n) is 4.41. The number of carboxylic acids is 1. The SMILES string of the molecule is CC(C)C(NC(=O)N[C@@H](C)C(=O)O)c1cccs1. The van der Waals surface area contributed by atoms with Crippen molar-refractivity contribution in [1.29, 1.82) is 0 Å². The molecule has 0 fully saturated rings. The lowest BCUT2D eigenvalue weighted by atomic mass is 10.0. The monoisotopic (exact) mass is 270 g/mol. The highest BCUT2D eigenvalue weighted by molar-refractivity contribution is 7.10. The maximum Gasteiger partial charge on any atom is 0.325 e. The number of carbonyl (C=O) groups is 2. The lowest BCUT2D eigenvalue weighted by Crippen LogP contribution is -2.46. The molecule has 1 aromatic heterocycles. The van der Waals surface area contributed by atoms with E-state index in [1.54, 1.807) is 11.3 Å². The molecule has 100 valence electrons. The maximum atomic E-state index is 11.7. The molecule has 0 aliphatic carbocycles. The number of thiophene rings is 1. The highest BCUT2D eigenvalue weighted by atomic mass is 32.1. The number of carbonyl (C=O) groups excluding carboxylic acids is 1. The minimum Gasteiger partial charge on any atom is -0.480 e. The van der Waals surface area contributed by atoms with Crippen LogP contribution in [0.15, 0.2) is 17.5 Å². The third-order valence-electron chi connectivity index (χ3n) is 2.52. The van der Waals surface area contributed by atoms with E-state index < -0.39 is 18.0 Å². The molecule has 0 aliphatic rings. The minimum atomic E-state index is -1.05. The zero-order valence-electron chi connectivity index (χ0n) is 10.6. The molecular formula is C12H18N2O3S. The molecule has 0 saturated heterocycles. The summed E-state index contributed by atoms with van der Waals surface area (Å²) in [4.78, 5) is 23.4. The molecular weight excluding hydrogens is 252 g/mol. The van der Waals surface area contributed by atoms with Gasteiger partial charge in [-0.2, -0.15) is 0 Å². The summed E-state index contributed by atoms with van der Waals surface area (Å²) >= 11 is 1.57. The van der Waals surface area contributed by atoms with Gasteiger partial charge in [-0.15, -0.1) is 11.3 Å². The van der Waals surface area contributed by atoms with Crippen LogP contribution in [-0.2, 0) is 4.79 Å². The Morgan fingerprint density at radius 3 is 2.39 bits per heavy atom. The highest BCUT2D eigenvalue weighted by Gasteiger charge is 2.21. The molecule has 0 spiro atoms. The van der Waals surface area contributed by atoms with Crippen LogP contribution in [0.25, 0.3) is 0 Å². The van der Waals surface area contributed by atoms with Crippen molar-refractivity contribution >= 4 is 23.3 Å². The fourth-order valence-electron chi connectivity index (χ4n) is 1.48. The Morgan fingerprint density at radius 1 is 1.28 bits per heavy atom. The van der Waals surface area contributed by atoms with E-state index in [1.165, 1.54) is 6.92 Å². The Balaban J connectivity index is 2.62. The Bertz CT molecular complexity index is 403. The number of aliphatic carboxylic acids is 1. The molecule has 0 bridgehead atoms. The van der Waals surface area contributed by atoms with Gasteiger partial charge in [-0.1, -0.05) is 19.9 Å². The number of urea groups is 1. The van der Waals surface area contributed by atoms with Crippen molar-refractivity contribution in [1.82, 2.24) is 10.6 Å². The second kappa shape index (κ2) is 6.39. The van der Waals surface area contributed by atoms with Crippen LogP contribution in [0.2, 0.25) is 0 Å². The fourth-order valence-corrected chi connectivity index (χ4v) is 2.42. The summed E-state index contributed by atoms with van der Waals surface area (Å²) in [5.41, 5.74) is 0. The average molecular weight is 270 g/mol. The van der Waals surface area contributed by atoms with Gasteiger partial charge in [0.25, 0.3) is 0 Å². The summed E-state index contributed by atoms with van der Waals surface area (Å²) in [6, 6.07) is 2.41. The molecule has 18 heavy (non-hydrogen) atoms. The number of rotatable bonds is 5. The van der Waals surface area contributed by atoms with E-state index >= 15 is 0 Å². The van der Waals surface area contributed by atoms with E-state index in [0.29, 0.717) is 0 Å². The van der Waals surface area contributed by atoms with E-state index in [1.807, 2.05) is 31.4 Å². The van der Waals surface area contributed by atoms with E-state index in [-0.39, 0.29) is 12.0 Å². The number of hydrogen-bond acceptors (Lipinski definition) is 3. The van der Waals surface area contributed by atoms with E-state index in [4.69, 9.17) is 5.11 Å². The van der Waals surface area contributed by atoms with Gasteiger partial charge in [0.15, 0.2) is 0 Å². The summed E-state index contributed by atoms with van der Waals surface area (Å²) in [5, 5.41) is 15.8. The second-order valence-corrected chi connectivity index (χ2v) is 5.39. The van der Waals surface area contributed by atoms with Crippen LogP contribution >= 0.6 is 11.3 Å². The van der Waals surface area contributed by atoms with Crippen molar-refractivity contribution in [3.05, 3.63) is 22.4 Å². The van der Waals surface area contributed by atoms with Gasteiger partial charge in [-0.3, -0.25) is 4.79 Å². The number of hydrogen-bond donors (Lipinski definition) is 3. The van der Waals surface area contributed by atoms with Crippen LogP contribution in [0.3, 0.4) is 0 Å². The third-order valence-corrected chi connectivity index (χ3v) is 3.48. The minimum absolute atomic E-state index is 0.106. The number of carboxylic acid groups (broad SMARTS) is 1. The molecule has 0 saturated carbocycles. The standard InChI is InChI=1S/C12H18N2O3S/c1-7(2)10(9-5-4-6-18-9)14-12(17)13-8(3)11(15)16/h4-8,10H,1-3H3,(H,15,16)(H2,13,14,17)/t8-,10?/m0/s1. The molecule has 0 aromatic carbocycles. The Labute approximate surface area is 110 Å². The van der Waals surface area contributed by atoms with E-state index in [2.05, 4.69) is 10.6 Å². The zero-order chi connectivity index (χ0) is 13.7. The molecule has 2 atom stereocenters. The molecule has 5 nitrogen and oxygen atoms in total. The molecule has 1 heterocycles. The Hall–Kier alpha value is -1.56. The van der Waals surface area contributed by atoms with E-state index in [9.17, 15) is 9.59 Å². The van der Waals surface area contributed by atoms with Crippen LogP contribution in [0, 0.1) is 5.92 Å². The first kappa shape index (κ1) is 14.5. The van der Waals surface area contributed by atoms with E-state index in [0.717, 1.165) is 4.88 Å². The first-order chi connectivity index (χ1) is 8.41. The van der Waals surface area contributed by atoms with Gasteiger partial charge in [0.1, 0.15) is 6.04 Å². The van der Waals surface area contributed by atoms with Crippen LogP contribution in [-0.4, -0.2) is 23.1 Å². The van der Waals surface area contributed by atoms with Crippen molar-refractivity contribution in [2.24, 2.45) is 5.92 Å².